The molecule has 0 aliphatic heterocycles. The molecule has 25 heavy (non-hydrogen) atoms. The summed E-state index contributed by atoms with van der Waals surface area (Å²) in [5.74, 6) is -0.300. The predicted molar refractivity (Wildman–Crippen MR) is 99.2 cm³/mol. The number of hydrogen-bond acceptors (Lipinski definition) is 4. The Kier molecular flexibility index (Phi) is 5.36. The SMILES string of the molecule is CCn1nc(C)cc1C(=O)N=c1sc2cc(Cl)ccc2n1CCOC. The fraction of sp³-hybridized carbons (Fsp3) is 0.353. The molecule has 2 aromatic heterocycles. The van der Waals surface area contributed by atoms with E-state index < -0.39 is 0 Å². The zero-order chi connectivity index (χ0) is 18.0. The maximum atomic E-state index is 12.7. The van der Waals surface area contributed by atoms with Gasteiger partial charge in [-0.2, -0.15) is 10.1 Å². The summed E-state index contributed by atoms with van der Waals surface area (Å²) in [6.45, 7) is 5.57. The molecule has 1 aromatic carbocycles. The third kappa shape index (κ3) is 3.68. The van der Waals surface area contributed by atoms with E-state index in [-0.39, 0.29) is 5.91 Å². The van der Waals surface area contributed by atoms with E-state index >= 15 is 0 Å². The van der Waals surface area contributed by atoms with Gasteiger partial charge in [-0.15, -0.1) is 0 Å². The first-order chi connectivity index (χ1) is 12.0. The van der Waals surface area contributed by atoms with Gasteiger partial charge in [0.05, 0.1) is 22.5 Å². The highest BCUT2D eigenvalue weighted by Crippen LogP contribution is 2.22. The Morgan fingerprint density at radius 3 is 2.92 bits per heavy atom. The van der Waals surface area contributed by atoms with Gasteiger partial charge in [-0.1, -0.05) is 22.9 Å². The van der Waals surface area contributed by atoms with E-state index in [1.165, 1.54) is 11.3 Å². The van der Waals surface area contributed by atoms with Gasteiger partial charge in [0.25, 0.3) is 5.91 Å². The molecule has 3 aromatic rings. The number of fused-ring (bicyclic) bond motifs is 1. The van der Waals surface area contributed by atoms with Gasteiger partial charge in [-0.3, -0.25) is 9.48 Å². The van der Waals surface area contributed by atoms with Gasteiger partial charge in [-0.25, -0.2) is 0 Å². The van der Waals surface area contributed by atoms with Crippen LogP contribution in [0.2, 0.25) is 5.02 Å². The van der Waals surface area contributed by atoms with Crippen LogP contribution in [0.25, 0.3) is 10.2 Å². The van der Waals surface area contributed by atoms with Crippen molar-refractivity contribution in [3.63, 3.8) is 0 Å². The molecule has 0 bridgehead atoms. The number of carbonyl (C=O) groups is 1. The maximum Gasteiger partial charge on any atom is 0.297 e. The van der Waals surface area contributed by atoms with Crippen molar-refractivity contribution in [1.29, 1.82) is 0 Å². The van der Waals surface area contributed by atoms with E-state index in [0.717, 1.165) is 15.9 Å². The number of aromatic nitrogens is 3. The summed E-state index contributed by atoms with van der Waals surface area (Å²) in [5, 5.41) is 4.97. The minimum atomic E-state index is -0.300. The largest absolute Gasteiger partial charge is 0.383 e. The highest BCUT2D eigenvalue weighted by molar-refractivity contribution is 7.16. The van der Waals surface area contributed by atoms with Crippen molar-refractivity contribution in [2.45, 2.75) is 26.9 Å². The molecule has 8 heteroatoms. The van der Waals surface area contributed by atoms with E-state index in [1.807, 2.05) is 36.6 Å². The van der Waals surface area contributed by atoms with Gasteiger partial charge in [0.15, 0.2) is 4.80 Å². The van der Waals surface area contributed by atoms with Crippen molar-refractivity contribution >= 4 is 39.1 Å². The van der Waals surface area contributed by atoms with Gasteiger partial charge in [0, 0.05) is 25.2 Å². The van der Waals surface area contributed by atoms with E-state index in [4.69, 9.17) is 16.3 Å². The molecule has 132 valence electrons. The Bertz CT molecular complexity index is 986. The van der Waals surface area contributed by atoms with Crippen molar-refractivity contribution in [3.05, 3.63) is 45.5 Å². The van der Waals surface area contributed by atoms with E-state index in [9.17, 15) is 4.79 Å². The van der Waals surface area contributed by atoms with Gasteiger partial charge >= 0.3 is 0 Å². The Hall–Kier alpha value is -1.96. The summed E-state index contributed by atoms with van der Waals surface area (Å²) >= 11 is 7.53. The van der Waals surface area contributed by atoms with Crippen LogP contribution < -0.4 is 4.80 Å². The predicted octanol–water partition coefficient (Wildman–Crippen LogP) is 3.27. The van der Waals surface area contributed by atoms with Crippen LogP contribution >= 0.6 is 22.9 Å². The number of amides is 1. The molecule has 2 heterocycles. The number of ether oxygens (including phenoxy) is 1. The first kappa shape index (κ1) is 17.8. The lowest BCUT2D eigenvalue weighted by atomic mass is 10.3. The standard InChI is InChI=1S/C17H19ClN4O2S/c1-4-22-14(9-11(2)20-22)16(23)19-17-21(7-8-24-3)13-6-5-12(18)10-15(13)25-17/h5-6,9-10H,4,7-8H2,1-3H3. The Labute approximate surface area is 154 Å². The van der Waals surface area contributed by atoms with Gasteiger partial charge in [-0.05, 0) is 38.1 Å². The lowest BCUT2D eigenvalue weighted by Gasteiger charge is -2.04. The van der Waals surface area contributed by atoms with Crippen LogP contribution in [0.3, 0.4) is 0 Å². The number of rotatable bonds is 5. The van der Waals surface area contributed by atoms with Crippen LogP contribution in [0.4, 0.5) is 0 Å². The summed E-state index contributed by atoms with van der Waals surface area (Å²) in [7, 11) is 1.65. The number of methoxy groups -OCH3 is 1. The number of hydrogen-bond donors (Lipinski definition) is 0. The smallest absolute Gasteiger partial charge is 0.297 e. The molecular weight excluding hydrogens is 360 g/mol. The molecule has 0 saturated heterocycles. The van der Waals surface area contributed by atoms with E-state index in [0.29, 0.717) is 35.2 Å². The number of halogens is 1. The number of carbonyl (C=O) groups excluding carboxylic acids is 1. The molecule has 0 N–H and O–H groups in total. The average molecular weight is 379 g/mol. The third-order valence-electron chi connectivity index (χ3n) is 3.78. The highest BCUT2D eigenvalue weighted by Gasteiger charge is 2.14. The summed E-state index contributed by atoms with van der Waals surface area (Å²) < 4.78 is 9.83. The van der Waals surface area contributed by atoms with Crippen LogP contribution in [-0.4, -0.2) is 34.0 Å². The molecule has 0 atom stereocenters. The molecule has 0 spiro atoms. The molecule has 3 rings (SSSR count). The number of aryl methyl sites for hydroxylation is 2. The van der Waals surface area contributed by atoms with Crippen molar-refractivity contribution < 1.29 is 9.53 Å². The first-order valence-corrected chi connectivity index (χ1v) is 9.14. The molecule has 0 aliphatic carbocycles. The number of benzene rings is 1. The lowest BCUT2D eigenvalue weighted by Crippen LogP contribution is -2.20. The highest BCUT2D eigenvalue weighted by atomic mass is 35.5. The molecule has 0 saturated carbocycles. The van der Waals surface area contributed by atoms with Crippen molar-refractivity contribution in [3.8, 4) is 0 Å². The monoisotopic (exact) mass is 378 g/mol. The molecule has 0 fully saturated rings. The quantitative estimate of drug-likeness (QED) is 0.684. The Morgan fingerprint density at radius 1 is 1.40 bits per heavy atom. The van der Waals surface area contributed by atoms with Crippen LogP contribution in [0.15, 0.2) is 29.3 Å². The van der Waals surface area contributed by atoms with E-state index in [1.54, 1.807) is 17.9 Å². The molecule has 1 amide bonds. The van der Waals surface area contributed by atoms with Crippen LogP contribution in [0.5, 0.6) is 0 Å². The molecule has 0 aliphatic rings. The van der Waals surface area contributed by atoms with E-state index in [2.05, 4.69) is 10.1 Å². The second-order valence-corrected chi connectivity index (χ2v) is 6.99. The van der Waals surface area contributed by atoms with Crippen molar-refractivity contribution in [2.24, 2.45) is 4.99 Å². The number of nitrogens with zero attached hydrogens (tertiary/aromatic N) is 4. The maximum absolute atomic E-state index is 12.7. The van der Waals surface area contributed by atoms with Crippen LogP contribution in [0.1, 0.15) is 23.1 Å². The second-order valence-electron chi connectivity index (χ2n) is 5.54. The minimum absolute atomic E-state index is 0.300. The fourth-order valence-corrected chi connectivity index (χ4v) is 3.96. The zero-order valence-electron chi connectivity index (χ0n) is 14.3. The normalized spacial score (nSPS) is 12.2. The number of thiazole rings is 1. The van der Waals surface area contributed by atoms with Crippen LogP contribution in [-0.2, 0) is 17.8 Å². The molecule has 6 nitrogen and oxygen atoms in total. The van der Waals surface area contributed by atoms with Crippen molar-refractivity contribution in [1.82, 2.24) is 14.3 Å². The lowest BCUT2D eigenvalue weighted by molar-refractivity contribution is 0.0987. The summed E-state index contributed by atoms with van der Waals surface area (Å²) in [6.07, 6.45) is 0. The summed E-state index contributed by atoms with van der Waals surface area (Å²) in [5.41, 5.74) is 2.28. The van der Waals surface area contributed by atoms with Gasteiger partial charge in [0.1, 0.15) is 5.69 Å². The molecular formula is C17H19ClN4O2S. The Morgan fingerprint density at radius 2 is 2.20 bits per heavy atom. The van der Waals surface area contributed by atoms with Gasteiger partial charge in [0.2, 0.25) is 0 Å². The van der Waals surface area contributed by atoms with Crippen molar-refractivity contribution in [2.75, 3.05) is 13.7 Å². The average Bonchev–Trinajstić information content (AvgIpc) is 3.12. The Balaban J connectivity index is 2.12. The molecule has 0 unspecified atom stereocenters. The third-order valence-corrected chi connectivity index (χ3v) is 5.06. The topological polar surface area (TPSA) is 61.4 Å². The minimum Gasteiger partial charge on any atom is -0.383 e. The van der Waals surface area contributed by atoms with Gasteiger partial charge < -0.3 is 9.30 Å². The zero-order valence-corrected chi connectivity index (χ0v) is 15.9. The molecule has 0 radical (unpaired) electrons. The fourth-order valence-electron chi connectivity index (χ4n) is 2.63. The first-order valence-electron chi connectivity index (χ1n) is 7.94. The summed E-state index contributed by atoms with van der Waals surface area (Å²) in [4.78, 5) is 17.7. The summed E-state index contributed by atoms with van der Waals surface area (Å²) in [6, 6.07) is 7.42. The second kappa shape index (κ2) is 7.51. The van der Waals surface area contributed by atoms with Crippen LogP contribution in [0, 0.1) is 6.92 Å².